The summed E-state index contributed by atoms with van der Waals surface area (Å²) in [5.74, 6) is 1.23. The molecule has 0 saturated carbocycles. The first kappa shape index (κ1) is 15.4. The zero-order valence-electron chi connectivity index (χ0n) is 14.0. The van der Waals surface area contributed by atoms with E-state index in [2.05, 4.69) is 15.5 Å². The van der Waals surface area contributed by atoms with Gasteiger partial charge in [-0.15, -0.1) is 5.10 Å². The summed E-state index contributed by atoms with van der Waals surface area (Å²) in [5.41, 5.74) is 0.0419. The van der Waals surface area contributed by atoms with Crippen LogP contribution in [0.15, 0.2) is 38.6 Å². The fourth-order valence-electron chi connectivity index (χ4n) is 3.21. The highest BCUT2D eigenvalue weighted by Gasteiger charge is 2.26. The number of anilines is 2. The summed E-state index contributed by atoms with van der Waals surface area (Å²) in [5, 5.41) is 12.3. The molecule has 0 aromatic carbocycles. The van der Waals surface area contributed by atoms with E-state index in [1.54, 1.807) is 19.5 Å². The third kappa shape index (κ3) is 2.57. The fourth-order valence-corrected chi connectivity index (χ4v) is 3.21. The Hall–Kier alpha value is -3.10. The molecule has 25 heavy (non-hydrogen) atoms. The van der Waals surface area contributed by atoms with Crippen molar-refractivity contribution < 1.29 is 4.42 Å². The van der Waals surface area contributed by atoms with Crippen molar-refractivity contribution in [2.75, 3.05) is 23.3 Å². The fraction of sp³-hybridized carbons (Fsp3) is 0.375. The molecular weight excluding hydrogens is 324 g/mol. The van der Waals surface area contributed by atoms with Crippen LogP contribution >= 0.6 is 0 Å². The molecule has 1 N–H and O–H groups in total. The topological polar surface area (TPSA) is 98.2 Å². The maximum atomic E-state index is 12.1. The second-order valence-corrected chi connectivity index (χ2v) is 6.22. The zero-order valence-corrected chi connectivity index (χ0v) is 14.0. The van der Waals surface area contributed by atoms with Crippen molar-refractivity contribution in [2.24, 2.45) is 14.1 Å². The predicted octanol–water partition coefficient (Wildman–Crippen LogP) is 0.311. The van der Waals surface area contributed by atoms with E-state index in [9.17, 15) is 9.59 Å². The number of nitrogens with one attached hydrogen (secondary N) is 1. The second-order valence-electron chi connectivity index (χ2n) is 6.22. The van der Waals surface area contributed by atoms with E-state index in [-0.39, 0.29) is 17.3 Å². The Balaban J connectivity index is 1.57. The number of nitrogens with zero attached hydrogens (tertiary/aromatic N) is 5. The molecule has 4 heterocycles. The van der Waals surface area contributed by atoms with Crippen molar-refractivity contribution in [3.63, 3.8) is 0 Å². The van der Waals surface area contributed by atoms with Gasteiger partial charge in [-0.2, -0.15) is 5.10 Å². The van der Waals surface area contributed by atoms with Gasteiger partial charge in [-0.1, -0.05) is 0 Å². The van der Waals surface area contributed by atoms with Crippen molar-refractivity contribution in [3.8, 4) is 0 Å². The molecule has 9 nitrogen and oxygen atoms in total. The molecule has 1 atom stereocenters. The lowest BCUT2D eigenvalue weighted by atomic mass is 10.2. The molecule has 1 aliphatic rings. The van der Waals surface area contributed by atoms with E-state index >= 15 is 0 Å². The molecule has 0 aliphatic carbocycles. The van der Waals surface area contributed by atoms with E-state index in [0.29, 0.717) is 23.8 Å². The minimum absolute atomic E-state index is 0.115. The number of hydrogen-bond acceptors (Lipinski definition) is 7. The predicted molar refractivity (Wildman–Crippen MR) is 93.0 cm³/mol. The molecule has 130 valence electrons. The molecule has 3 aromatic rings. The largest absolute Gasteiger partial charge is 0.460 e. The Morgan fingerprint density at radius 1 is 1.28 bits per heavy atom. The van der Waals surface area contributed by atoms with E-state index in [4.69, 9.17) is 4.42 Å². The molecule has 3 aromatic heterocycles. The van der Waals surface area contributed by atoms with Gasteiger partial charge in [0.25, 0.3) is 5.56 Å². The van der Waals surface area contributed by atoms with Crippen molar-refractivity contribution in [1.29, 1.82) is 0 Å². The molecule has 0 bridgehead atoms. The van der Waals surface area contributed by atoms with Crippen LogP contribution < -0.4 is 21.5 Å². The summed E-state index contributed by atoms with van der Waals surface area (Å²) in [6.07, 6.45) is 4.11. The molecule has 0 amide bonds. The van der Waals surface area contributed by atoms with E-state index < -0.39 is 0 Å². The van der Waals surface area contributed by atoms with Gasteiger partial charge in [-0.05, 0) is 12.5 Å². The summed E-state index contributed by atoms with van der Waals surface area (Å²) in [6.45, 7) is 1.39. The molecule has 0 spiro atoms. The van der Waals surface area contributed by atoms with Gasteiger partial charge < -0.3 is 14.6 Å². The van der Waals surface area contributed by atoms with Crippen LogP contribution in [0.2, 0.25) is 0 Å². The summed E-state index contributed by atoms with van der Waals surface area (Å²) in [7, 11) is 3.15. The van der Waals surface area contributed by atoms with Gasteiger partial charge in [-0.3, -0.25) is 13.9 Å². The lowest BCUT2D eigenvalue weighted by Gasteiger charge is -2.21. The number of fused-ring (bicyclic) bond motifs is 1. The molecule has 4 rings (SSSR count). The Bertz CT molecular complexity index is 1050. The van der Waals surface area contributed by atoms with Crippen LogP contribution in [0.1, 0.15) is 6.42 Å². The van der Waals surface area contributed by atoms with Crippen LogP contribution in [0.25, 0.3) is 11.0 Å². The Morgan fingerprint density at radius 2 is 2.12 bits per heavy atom. The Labute approximate surface area is 142 Å². The van der Waals surface area contributed by atoms with Crippen LogP contribution in [-0.2, 0) is 14.1 Å². The maximum Gasteiger partial charge on any atom is 0.332 e. The number of rotatable bonds is 3. The van der Waals surface area contributed by atoms with E-state index in [0.717, 1.165) is 22.9 Å². The average molecular weight is 342 g/mol. The first-order valence-electron chi connectivity index (χ1n) is 8.02. The van der Waals surface area contributed by atoms with Gasteiger partial charge in [-0.25, -0.2) is 4.79 Å². The van der Waals surface area contributed by atoms with Crippen molar-refractivity contribution >= 4 is 22.6 Å². The lowest BCUT2D eigenvalue weighted by Crippen LogP contribution is -2.40. The van der Waals surface area contributed by atoms with Crippen molar-refractivity contribution in [1.82, 2.24) is 19.3 Å². The third-order valence-corrected chi connectivity index (χ3v) is 4.62. The van der Waals surface area contributed by atoms with Crippen LogP contribution in [0.4, 0.5) is 11.6 Å². The smallest absolute Gasteiger partial charge is 0.332 e. The molecule has 1 aliphatic heterocycles. The third-order valence-electron chi connectivity index (χ3n) is 4.62. The molecule has 1 fully saturated rings. The Morgan fingerprint density at radius 3 is 2.96 bits per heavy atom. The minimum atomic E-state index is -0.329. The van der Waals surface area contributed by atoms with Gasteiger partial charge in [0.05, 0.1) is 12.5 Å². The van der Waals surface area contributed by atoms with Crippen LogP contribution in [0.3, 0.4) is 0 Å². The van der Waals surface area contributed by atoms with Gasteiger partial charge in [0.2, 0.25) is 0 Å². The molecular formula is C16H18N6O3. The molecule has 0 radical (unpaired) electrons. The molecule has 9 heteroatoms. The van der Waals surface area contributed by atoms with Crippen LogP contribution in [0, 0.1) is 0 Å². The van der Waals surface area contributed by atoms with Crippen molar-refractivity contribution in [2.45, 2.75) is 12.5 Å². The van der Waals surface area contributed by atoms with Gasteiger partial charge in [0, 0.05) is 44.7 Å². The lowest BCUT2D eigenvalue weighted by molar-refractivity contribution is 0.612. The van der Waals surface area contributed by atoms with E-state index in [1.165, 1.54) is 17.7 Å². The molecule has 0 unspecified atom stereocenters. The quantitative estimate of drug-likeness (QED) is 0.731. The maximum absolute atomic E-state index is 12.1. The standard InChI is InChI=1S/C16H18N6O3/c1-20-12(7-13(23)21(2)16(20)24)22-5-3-11(9-22)18-15-14-10(4-6-25-14)8-17-19-15/h4,6-8,11H,3,5,9H2,1-2H3,(H,18,19)/t11-/m1/s1. The SMILES string of the molecule is Cn1c(N2CC[C@@H](Nc3nncc4ccoc34)C2)cc(=O)n(C)c1=O. The van der Waals surface area contributed by atoms with E-state index in [1.807, 2.05) is 11.0 Å². The van der Waals surface area contributed by atoms with Crippen molar-refractivity contribution in [3.05, 3.63) is 45.4 Å². The van der Waals surface area contributed by atoms with Crippen LogP contribution in [-0.4, -0.2) is 38.5 Å². The first-order chi connectivity index (χ1) is 12.0. The zero-order chi connectivity index (χ0) is 17.6. The highest BCUT2D eigenvalue weighted by atomic mass is 16.3. The summed E-state index contributed by atoms with van der Waals surface area (Å²) in [6, 6.07) is 3.45. The molecule has 1 saturated heterocycles. The monoisotopic (exact) mass is 342 g/mol. The number of furan rings is 1. The Kier molecular flexibility index (Phi) is 3.56. The summed E-state index contributed by atoms with van der Waals surface area (Å²) in [4.78, 5) is 26.1. The minimum Gasteiger partial charge on any atom is -0.460 e. The normalized spacial score (nSPS) is 17.4. The highest BCUT2D eigenvalue weighted by Crippen LogP contribution is 2.24. The summed E-state index contributed by atoms with van der Waals surface area (Å²) >= 11 is 0. The van der Waals surface area contributed by atoms with Gasteiger partial charge >= 0.3 is 5.69 Å². The van der Waals surface area contributed by atoms with Gasteiger partial charge in [0.1, 0.15) is 5.82 Å². The number of hydrogen-bond donors (Lipinski definition) is 1. The number of aromatic nitrogens is 4. The second kappa shape index (κ2) is 5.76. The highest BCUT2D eigenvalue weighted by molar-refractivity contribution is 5.85. The van der Waals surface area contributed by atoms with Crippen LogP contribution in [0.5, 0.6) is 0 Å². The van der Waals surface area contributed by atoms with Gasteiger partial charge in [0.15, 0.2) is 11.4 Å². The average Bonchev–Trinajstić information content (AvgIpc) is 3.26. The summed E-state index contributed by atoms with van der Waals surface area (Å²) < 4.78 is 8.06. The first-order valence-corrected chi connectivity index (χ1v) is 8.02.